The first-order valence-corrected chi connectivity index (χ1v) is 4.36. The molecule has 0 amide bonds. The molecule has 2 N–H and O–H groups in total. The summed E-state index contributed by atoms with van der Waals surface area (Å²) < 4.78 is 0. The van der Waals surface area contributed by atoms with Crippen LogP contribution < -0.4 is 5.32 Å². The first-order valence-electron chi connectivity index (χ1n) is 4.36. The van der Waals surface area contributed by atoms with Gasteiger partial charge < -0.3 is 15.4 Å². The van der Waals surface area contributed by atoms with Gasteiger partial charge in [0, 0.05) is 6.04 Å². The van der Waals surface area contributed by atoms with Crippen molar-refractivity contribution in [2.24, 2.45) is 0 Å². The summed E-state index contributed by atoms with van der Waals surface area (Å²) in [7, 11) is 0. The quantitative estimate of drug-likeness (QED) is 0.433. The molecule has 0 fully saturated rings. The molecule has 14 heavy (non-hydrogen) atoms. The Morgan fingerprint density at radius 3 is 2.93 bits per heavy atom. The summed E-state index contributed by atoms with van der Waals surface area (Å²) in [5.41, 5.74) is 0.462. The summed E-state index contributed by atoms with van der Waals surface area (Å²) in [6.07, 6.45) is 7.37. The summed E-state index contributed by atoms with van der Waals surface area (Å²) in [5, 5.41) is 19.6. The summed E-state index contributed by atoms with van der Waals surface area (Å²) in [6.45, 7) is 0. The number of aromatic amines is 1. The van der Waals surface area contributed by atoms with Gasteiger partial charge >= 0.3 is 5.82 Å². The van der Waals surface area contributed by atoms with Crippen molar-refractivity contribution in [3.05, 3.63) is 28.5 Å². The van der Waals surface area contributed by atoms with Gasteiger partial charge in [-0.3, -0.25) is 0 Å². The van der Waals surface area contributed by atoms with E-state index >= 15 is 0 Å². The average Bonchev–Trinajstić information content (AvgIpc) is 2.75. The van der Waals surface area contributed by atoms with E-state index in [0.29, 0.717) is 5.69 Å². The van der Waals surface area contributed by atoms with E-state index in [4.69, 9.17) is 0 Å². The summed E-state index contributed by atoms with van der Waals surface area (Å²) in [6, 6.07) is 0.256. The number of nitrogens with zero attached hydrogens (tertiary/aromatic N) is 2. The molecule has 0 unspecified atom stereocenters. The molecule has 2 rings (SSSR count). The third-order valence-corrected chi connectivity index (χ3v) is 2.17. The Labute approximate surface area is 80.2 Å². The molecule has 0 aromatic carbocycles. The highest BCUT2D eigenvalue weighted by Gasteiger charge is 2.18. The van der Waals surface area contributed by atoms with Gasteiger partial charge in [0.2, 0.25) is 0 Å². The fraction of sp³-hybridized carbons (Fsp3) is 0.375. The Morgan fingerprint density at radius 1 is 1.57 bits per heavy atom. The van der Waals surface area contributed by atoms with Crippen LogP contribution in [0.15, 0.2) is 18.3 Å². The second-order valence-corrected chi connectivity index (χ2v) is 3.17. The minimum atomic E-state index is -0.474. The van der Waals surface area contributed by atoms with E-state index in [0.717, 1.165) is 12.8 Å². The lowest BCUT2D eigenvalue weighted by Crippen LogP contribution is -2.15. The number of hydrogen-bond donors (Lipinski definition) is 2. The van der Waals surface area contributed by atoms with Crippen LogP contribution in [0.3, 0.4) is 0 Å². The Morgan fingerprint density at radius 2 is 2.29 bits per heavy atom. The predicted molar refractivity (Wildman–Crippen MR) is 51.0 cm³/mol. The van der Waals surface area contributed by atoms with Crippen LogP contribution in [-0.4, -0.2) is 21.2 Å². The van der Waals surface area contributed by atoms with E-state index in [1.807, 2.05) is 0 Å². The van der Waals surface area contributed by atoms with E-state index in [2.05, 4.69) is 27.7 Å². The van der Waals surface area contributed by atoms with Crippen LogP contribution in [0.25, 0.3) is 0 Å². The SMILES string of the molecule is O=[N+]([O-])c1[nH]ncc1NC1CC=CC1. The largest absolute Gasteiger partial charge is 0.373 e. The molecular formula is C8H10N4O2. The van der Waals surface area contributed by atoms with E-state index < -0.39 is 4.92 Å². The van der Waals surface area contributed by atoms with Crippen molar-refractivity contribution in [1.82, 2.24) is 10.2 Å². The number of hydrogen-bond acceptors (Lipinski definition) is 4. The van der Waals surface area contributed by atoms with E-state index in [1.165, 1.54) is 6.20 Å². The third kappa shape index (κ3) is 1.59. The van der Waals surface area contributed by atoms with E-state index in [1.54, 1.807) is 0 Å². The van der Waals surface area contributed by atoms with Crippen LogP contribution >= 0.6 is 0 Å². The van der Waals surface area contributed by atoms with Crippen LogP contribution in [0.2, 0.25) is 0 Å². The fourth-order valence-corrected chi connectivity index (χ4v) is 1.48. The minimum absolute atomic E-state index is 0.0723. The van der Waals surface area contributed by atoms with Crippen LogP contribution in [0.4, 0.5) is 11.5 Å². The Balaban J connectivity index is 2.08. The lowest BCUT2D eigenvalue weighted by atomic mass is 10.2. The van der Waals surface area contributed by atoms with Gasteiger partial charge in [0.15, 0.2) is 5.69 Å². The zero-order chi connectivity index (χ0) is 9.97. The molecule has 74 valence electrons. The maximum Gasteiger partial charge on any atom is 0.366 e. The summed E-state index contributed by atoms with van der Waals surface area (Å²) in [5.74, 6) is -0.0723. The highest BCUT2D eigenvalue weighted by Crippen LogP contribution is 2.23. The molecule has 0 atom stereocenters. The van der Waals surface area contributed by atoms with Gasteiger partial charge in [-0.05, 0) is 17.8 Å². The molecule has 6 heteroatoms. The van der Waals surface area contributed by atoms with Crippen LogP contribution in [0.1, 0.15) is 12.8 Å². The Bertz CT molecular complexity index is 363. The zero-order valence-corrected chi connectivity index (χ0v) is 7.43. The van der Waals surface area contributed by atoms with Gasteiger partial charge in [0.1, 0.15) is 6.20 Å². The topological polar surface area (TPSA) is 83.8 Å². The predicted octanol–water partition coefficient (Wildman–Crippen LogP) is 1.45. The Kier molecular flexibility index (Phi) is 2.18. The standard InChI is InChI=1S/C8H10N4O2/c13-12(14)8-7(5-9-11-8)10-6-3-1-2-4-6/h1-2,5-6,10H,3-4H2,(H,9,11). The van der Waals surface area contributed by atoms with Crippen molar-refractivity contribution in [3.8, 4) is 0 Å². The molecule has 0 saturated heterocycles. The first-order chi connectivity index (χ1) is 6.77. The molecule has 0 saturated carbocycles. The summed E-state index contributed by atoms with van der Waals surface area (Å²) >= 11 is 0. The molecule has 0 aliphatic heterocycles. The lowest BCUT2D eigenvalue weighted by molar-refractivity contribution is -0.388. The second kappa shape index (κ2) is 3.49. The number of rotatable bonds is 3. The van der Waals surface area contributed by atoms with Crippen LogP contribution in [0.5, 0.6) is 0 Å². The third-order valence-electron chi connectivity index (χ3n) is 2.17. The van der Waals surface area contributed by atoms with Crippen molar-refractivity contribution < 1.29 is 4.92 Å². The molecule has 1 heterocycles. The van der Waals surface area contributed by atoms with Crippen molar-refractivity contribution >= 4 is 11.5 Å². The second-order valence-electron chi connectivity index (χ2n) is 3.17. The number of aromatic nitrogens is 2. The lowest BCUT2D eigenvalue weighted by Gasteiger charge is -2.10. The van der Waals surface area contributed by atoms with Crippen molar-refractivity contribution in [1.29, 1.82) is 0 Å². The molecule has 1 aliphatic rings. The number of anilines is 1. The maximum absolute atomic E-state index is 10.5. The highest BCUT2D eigenvalue weighted by atomic mass is 16.6. The Hall–Kier alpha value is -1.85. The number of nitrogens with one attached hydrogen (secondary N) is 2. The van der Waals surface area contributed by atoms with Gasteiger partial charge in [-0.15, -0.1) is 5.10 Å². The molecule has 0 spiro atoms. The van der Waals surface area contributed by atoms with Gasteiger partial charge in [-0.1, -0.05) is 17.3 Å². The first kappa shape index (κ1) is 8.74. The fourth-order valence-electron chi connectivity index (χ4n) is 1.48. The molecule has 1 aliphatic carbocycles. The smallest absolute Gasteiger partial charge is 0.366 e. The zero-order valence-electron chi connectivity index (χ0n) is 7.43. The van der Waals surface area contributed by atoms with Crippen molar-refractivity contribution in [2.75, 3.05) is 5.32 Å². The maximum atomic E-state index is 10.5. The van der Waals surface area contributed by atoms with Gasteiger partial charge in [0.05, 0.1) is 0 Å². The number of H-pyrrole nitrogens is 1. The van der Waals surface area contributed by atoms with E-state index in [9.17, 15) is 10.1 Å². The van der Waals surface area contributed by atoms with Gasteiger partial charge in [-0.25, -0.2) is 0 Å². The van der Waals surface area contributed by atoms with Crippen LogP contribution in [-0.2, 0) is 0 Å². The van der Waals surface area contributed by atoms with Gasteiger partial charge in [0.25, 0.3) is 0 Å². The minimum Gasteiger partial charge on any atom is -0.373 e. The normalized spacial score (nSPS) is 16.0. The molecule has 1 aromatic heterocycles. The molecule has 0 bridgehead atoms. The molecular weight excluding hydrogens is 184 g/mol. The van der Waals surface area contributed by atoms with Gasteiger partial charge in [-0.2, -0.15) is 0 Å². The monoisotopic (exact) mass is 194 g/mol. The highest BCUT2D eigenvalue weighted by molar-refractivity contribution is 5.56. The molecule has 0 radical (unpaired) electrons. The van der Waals surface area contributed by atoms with E-state index in [-0.39, 0.29) is 11.9 Å². The average molecular weight is 194 g/mol. The summed E-state index contributed by atoms with van der Waals surface area (Å²) in [4.78, 5) is 10.1. The van der Waals surface area contributed by atoms with Crippen molar-refractivity contribution in [3.63, 3.8) is 0 Å². The van der Waals surface area contributed by atoms with Crippen LogP contribution in [0, 0.1) is 10.1 Å². The molecule has 1 aromatic rings. The van der Waals surface area contributed by atoms with Crippen molar-refractivity contribution in [2.45, 2.75) is 18.9 Å². The molecule has 6 nitrogen and oxygen atoms in total. The number of nitro groups is 1.